The Bertz CT molecular complexity index is 1270. The molecule has 1 aliphatic heterocycles. The predicted molar refractivity (Wildman–Crippen MR) is 118 cm³/mol. The Labute approximate surface area is 188 Å². The lowest BCUT2D eigenvalue weighted by atomic mass is 10.1. The number of benzene rings is 2. The number of nitrogens with zero attached hydrogens (tertiary/aromatic N) is 3. The highest BCUT2D eigenvalue weighted by Crippen LogP contribution is 2.31. The van der Waals surface area contributed by atoms with Gasteiger partial charge in [-0.3, -0.25) is 14.5 Å². The summed E-state index contributed by atoms with van der Waals surface area (Å²) in [6.07, 6.45) is 1.15. The lowest BCUT2D eigenvalue weighted by molar-refractivity contribution is -0.128. The fraction of sp³-hybridized carbons (Fsp3) is 0.250. The molecule has 0 fully saturated rings. The Hall–Kier alpha value is -4.01. The molecule has 0 saturated carbocycles. The van der Waals surface area contributed by atoms with Crippen LogP contribution in [0.3, 0.4) is 0 Å². The highest BCUT2D eigenvalue weighted by atomic mass is 19.1. The Kier molecular flexibility index (Phi) is 5.16. The molecular weight excluding hydrogens is 427 g/mol. The highest BCUT2D eigenvalue weighted by Gasteiger charge is 2.34. The molecule has 0 saturated heterocycles. The molecule has 2 amide bonds. The average molecular weight is 448 g/mol. The average Bonchev–Trinajstić information content (AvgIpc) is 3.41. The van der Waals surface area contributed by atoms with Crippen LogP contribution in [0.25, 0.3) is 5.69 Å². The maximum absolute atomic E-state index is 13.3. The van der Waals surface area contributed by atoms with Crippen LogP contribution in [0, 0.1) is 5.82 Å². The van der Waals surface area contributed by atoms with Crippen molar-refractivity contribution in [2.24, 2.45) is 0 Å². The summed E-state index contributed by atoms with van der Waals surface area (Å²) in [5.41, 5.74) is 3.54. The molecule has 2 aromatic carbocycles. The van der Waals surface area contributed by atoms with E-state index in [1.54, 1.807) is 41.1 Å². The minimum absolute atomic E-state index is 0.156. The summed E-state index contributed by atoms with van der Waals surface area (Å²) in [5.74, 6) is -1.89. The number of hydrogen-bond donors (Lipinski definition) is 1. The molecule has 1 aliphatic carbocycles. The number of nitrogens with one attached hydrogen (secondary N) is 1. The Morgan fingerprint density at radius 3 is 2.67 bits per heavy atom. The normalized spacial score (nSPS) is 15.5. The summed E-state index contributed by atoms with van der Waals surface area (Å²) >= 11 is 0. The van der Waals surface area contributed by atoms with Gasteiger partial charge in [0.15, 0.2) is 11.8 Å². The second-order valence-corrected chi connectivity index (χ2v) is 8.05. The lowest BCUT2D eigenvalue weighted by Crippen LogP contribution is -2.47. The van der Waals surface area contributed by atoms with Crippen molar-refractivity contribution in [3.05, 3.63) is 71.3 Å². The van der Waals surface area contributed by atoms with Crippen LogP contribution >= 0.6 is 0 Å². The maximum Gasteiger partial charge on any atom is 0.359 e. The van der Waals surface area contributed by atoms with E-state index in [1.807, 2.05) is 0 Å². The van der Waals surface area contributed by atoms with Crippen LogP contribution in [-0.4, -0.2) is 40.2 Å². The molecule has 3 aromatic rings. The molecule has 0 bridgehead atoms. The lowest BCUT2D eigenvalue weighted by Gasteiger charge is -2.30. The number of para-hydroxylation sites is 2. The minimum atomic E-state index is -1.12. The Balaban J connectivity index is 1.38. The van der Waals surface area contributed by atoms with Gasteiger partial charge in [0, 0.05) is 11.3 Å². The standard InChI is InChI=1S/C24H21FN4O4/c1-14(23(31)28-13-21(30)26-18-6-2-3-7-20(18)28)33-24(32)22-17-5-4-8-19(17)29(27-22)16-11-9-15(25)10-12-16/h2-3,6-7,9-12,14H,4-5,8,13H2,1H3,(H,26,30)/t14-/m1/s1. The largest absolute Gasteiger partial charge is 0.448 e. The number of ether oxygens (including phenoxy) is 1. The zero-order chi connectivity index (χ0) is 23.1. The van der Waals surface area contributed by atoms with Crippen LogP contribution in [0.1, 0.15) is 35.1 Å². The van der Waals surface area contributed by atoms with Gasteiger partial charge in [0.25, 0.3) is 5.91 Å². The number of amides is 2. The SMILES string of the molecule is C[C@@H](OC(=O)c1nn(-c2ccc(F)cc2)c2c1CCC2)C(=O)N1CC(=O)Nc2ccccc21. The van der Waals surface area contributed by atoms with E-state index < -0.39 is 18.0 Å². The van der Waals surface area contributed by atoms with Crippen LogP contribution in [0.5, 0.6) is 0 Å². The molecule has 0 spiro atoms. The van der Waals surface area contributed by atoms with Crippen molar-refractivity contribution in [1.82, 2.24) is 9.78 Å². The van der Waals surface area contributed by atoms with Gasteiger partial charge in [-0.1, -0.05) is 12.1 Å². The van der Waals surface area contributed by atoms with E-state index in [4.69, 9.17) is 4.74 Å². The highest BCUT2D eigenvalue weighted by molar-refractivity contribution is 6.11. The van der Waals surface area contributed by atoms with Crippen LogP contribution in [0.4, 0.5) is 15.8 Å². The summed E-state index contributed by atoms with van der Waals surface area (Å²) in [4.78, 5) is 39.4. The fourth-order valence-corrected chi connectivity index (χ4v) is 4.31. The van der Waals surface area contributed by atoms with Gasteiger partial charge in [0.05, 0.1) is 17.1 Å². The first kappa shape index (κ1) is 20.9. The summed E-state index contributed by atoms with van der Waals surface area (Å²) < 4.78 is 20.5. The molecule has 168 valence electrons. The van der Waals surface area contributed by atoms with Gasteiger partial charge < -0.3 is 10.1 Å². The molecule has 1 N–H and O–H groups in total. The molecule has 0 radical (unpaired) electrons. The monoisotopic (exact) mass is 448 g/mol. The Morgan fingerprint density at radius 1 is 1.12 bits per heavy atom. The van der Waals surface area contributed by atoms with E-state index in [0.29, 0.717) is 23.5 Å². The maximum atomic E-state index is 13.3. The first-order valence-electron chi connectivity index (χ1n) is 10.7. The van der Waals surface area contributed by atoms with E-state index in [9.17, 15) is 18.8 Å². The second kappa shape index (κ2) is 8.16. The van der Waals surface area contributed by atoms with Crippen molar-refractivity contribution in [1.29, 1.82) is 0 Å². The van der Waals surface area contributed by atoms with Gasteiger partial charge in [0.1, 0.15) is 12.4 Å². The summed E-state index contributed by atoms with van der Waals surface area (Å²) in [6.45, 7) is 1.32. The molecule has 2 heterocycles. The third-order valence-electron chi connectivity index (χ3n) is 5.86. The van der Waals surface area contributed by atoms with E-state index in [0.717, 1.165) is 24.1 Å². The molecule has 5 rings (SSSR count). The van der Waals surface area contributed by atoms with E-state index in [-0.39, 0.29) is 24.0 Å². The van der Waals surface area contributed by atoms with Crippen molar-refractivity contribution in [2.75, 3.05) is 16.8 Å². The third-order valence-corrected chi connectivity index (χ3v) is 5.86. The number of anilines is 2. The molecule has 33 heavy (non-hydrogen) atoms. The number of rotatable bonds is 4. The fourth-order valence-electron chi connectivity index (χ4n) is 4.31. The number of carbonyl (C=O) groups excluding carboxylic acids is 3. The summed E-state index contributed by atoms with van der Waals surface area (Å²) in [6, 6.07) is 12.8. The topological polar surface area (TPSA) is 93.5 Å². The molecule has 8 nitrogen and oxygen atoms in total. The quantitative estimate of drug-likeness (QED) is 0.620. The molecule has 1 atom stereocenters. The van der Waals surface area contributed by atoms with Crippen molar-refractivity contribution in [3.8, 4) is 5.69 Å². The number of hydrogen-bond acceptors (Lipinski definition) is 5. The number of carbonyl (C=O) groups is 3. The molecular formula is C24H21FN4O4. The van der Waals surface area contributed by atoms with Crippen LogP contribution < -0.4 is 10.2 Å². The summed E-state index contributed by atoms with van der Waals surface area (Å²) in [7, 11) is 0. The minimum Gasteiger partial charge on any atom is -0.448 e. The van der Waals surface area contributed by atoms with Crippen LogP contribution in [0.15, 0.2) is 48.5 Å². The van der Waals surface area contributed by atoms with Crippen molar-refractivity contribution >= 4 is 29.2 Å². The van der Waals surface area contributed by atoms with Gasteiger partial charge in [-0.15, -0.1) is 0 Å². The van der Waals surface area contributed by atoms with Crippen molar-refractivity contribution < 1.29 is 23.5 Å². The van der Waals surface area contributed by atoms with Crippen LogP contribution in [-0.2, 0) is 27.2 Å². The first-order chi connectivity index (χ1) is 15.9. The number of halogens is 1. The molecule has 1 aromatic heterocycles. The predicted octanol–water partition coefficient (Wildman–Crippen LogP) is 3.03. The van der Waals surface area contributed by atoms with E-state index in [2.05, 4.69) is 10.4 Å². The van der Waals surface area contributed by atoms with Gasteiger partial charge in [-0.2, -0.15) is 5.10 Å². The van der Waals surface area contributed by atoms with Crippen molar-refractivity contribution in [3.63, 3.8) is 0 Å². The van der Waals surface area contributed by atoms with E-state index in [1.165, 1.54) is 24.0 Å². The summed E-state index contributed by atoms with van der Waals surface area (Å²) in [5, 5.41) is 7.16. The smallest absolute Gasteiger partial charge is 0.359 e. The van der Waals surface area contributed by atoms with E-state index >= 15 is 0 Å². The zero-order valence-corrected chi connectivity index (χ0v) is 17.9. The molecule has 2 aliphatic rings. The second-order valence-electron chi connectivity index (χ2n) is 8.05. The van der Waals surface area contributed by atoms with Crippen molar-refractivity contribution in [2.45, 2.75) is 32.3 Å². The Morgan fingerprint density at radius 2 is 1.88 bits per heavy atom. The molecule has 0 unspecified atom stereocenters. The number of esters is 1. The molecule has 9 heteroatoms. The zero-order valence-electron chi connectivity index (χ0n) is 17.9. The van der Waals surface area contributed by atoms with Gasteiger partial charge in [0.2, 0.25) is 5.91 Å². The van der Waals surface area contributed by atoms with Gasteiger partial charge in [-0.05, 0) is 62.6 Å². The van der Waals surface area contributed by atoms with Gasteiger partial charge in [-0.25, -0.2) is 13.9 Å². The van der Waals surface area contributed by atoms with Crippen LogP contribution in [0.2, 0.25) is 0 Å². The first-order valence-corrected chi connectivity index (χ1v) is 10.7. The number of fused-ring (bicyclic) bond motifs is 2. The number of aromatic nitrogens is 2. The third kappa shape index (κ3) is 3.75. The van der Waals surface area contributed by atoms with Gasteiger partial charge >= 0.3 is 5.97 Å².